The molecule has 2 aliphatic rings. The van der Waals surface area contributed by atoms with Crippen LogP contribution in [0.1, 0.15) is 45.4 Å². The van der Waals surface area contributed by atoms with Gasteiger partial charge in [-0.3, -0.25) is 0 Å². The second-order valence-electron chi connectivity index (χ2n) is 6.36. The first kappa shape index (κ1) is 15.1. The second-order valence-corrected chi connectivity index (χ2v) is 9.11. The van der Waals surface area contributed by atoms with Gasteiger partial charge in [0.2, 0.25) is 0 Å². The third-order valence-electron chi connectivity index (χ3n) is 4.95. The van der Waals surface area contributed by atoms with Crippen LogP contribution < -0.4 is 4.46 Å². The number of carbonyl (C=O) groups excluding carboxylic acids is 1. The first-order valence-corrected chi connectivity index (χ1v) is 10.1. The molecule has 3 heteroatoms. The van der Waals surface area contributed by atoms with E-state index < -0.39 is 0 Å². The summed E-state index contributed by atoms with van der Waals surface area (Å²) < 4.78 is 1.49. The van der Waals surface area contributed by atoms with Gasteiger partial charge in [-0.2, -0.15) is 0 Å². The van der Waals surface area contributed by atoms with E-state index in [1.807, 2.05) is 0 Å². The molecule has 1 aliphatic carbocycles. The zero-order valence-electron chi connectivity index (χ0n) is 12.8. The van der Waals surface area contributed by atoms with E-state index in [-0.39, 0.29) is 0 Å². The van der Waals surface area contributed by atoms with Crippen molar-refractivity contribution in [3.63, 3.8) is 0 Å². The van der Waals surface area contributed by atoms with Crippen molar-refractivity contribution in [2.75, 3.05) is 6.54 Å². The van der Waals surface area contributed by atoms with Gasteiger partial charge in [-0.25, -0.2) is 0 Å². The Bertz CT molecular complexity index is 475. The van der Waals surface area contributed by atoms with Crippen LogP contribution in [0, 0.1) is 5.92 Å². The predicted octanol–water partition coefficient (Wildman–Crippen LogP) is 3.01. The van der Waals surface area contributed by atoms with Crippen LogP contribution in [-0.4, -0.2) is 38.4 Å². The van der Waals surface area contributed by atoms with Gasteiger partial charge in [0.1, 0.15) is 0 Å². The maximum absolute atomic E-state index is 12.1. The van der Waals surface area contributed by atoms with Crippen LogP contribution >= 0.6 is 0 Å². The summed E-state index contributed by atoms with van der Waals surface area (Å²) in [5.74, 6) is 1.04. The minimum absolute atomic E-state index is 0.292. The van der Waals surface area contributed by atoms with E-state index >= 15 is 0 Å². The number of amides is 1. The Morgan fingerprint density at radius 3 is 2.57 bits per heavy atom. The van der Waals surface area contributed by atoms with E-state index in [2.05, 4.69) is 35.2 Å². The number of hydrogen-bond acceptors (Lipinski definition) is 1. The molecule has 1 saturated carbocycles. The Morgan fingerprint density at radius 2 is 1.81 bits per heavy atom. The number of fused-ring (bicyclic) bond motifs is 1. The van der Waals surface area contributed by atoms with Gasteiger partial charge in [0.15, 0.2) is 0 Å². The van der Waals surface area contributed by atoms with E-state index in [9.17, 15) is 4.79 Å². The summed E-state index contributed by atoms with van der Waals surface area (Å²) in [5.41, 5.74) is 0. The molecular weight excluding hydrogens is 325 g/mol. The Morgan fingerprint density at radius 1 is 1.10 bits per heavy atom. The van der Waals surface area contributed by atoms with E-state index in [0.29, 0.717) is 31.7 Å². The summed E-state index contributed by atoms with van der Waals surface area (Å²) in [6.45, 7) is 2.75. The fraction of sp³-hybridized carbons (Fsp3) is 0.611. The van der Waals surface area contributed by atoms with Crippen molar-refractivity contribution in [2.45, 2.75) is 56.3 Å². The fourth-order valence-electron chi connectivity index (χ4n) is 4.01. The van der Waals surface area contributed by atoms with Crippen LogP contribution in [0.25, 0.3) is 0 Å². The molecule has 3 rings (SSSR count). The average Bonchev–Trinajstić information content (AvgIpc) is 2.70. The number of benzene rings is 1. The zero-order chi connectivity index (χ0) is 14.7. The van der Waals surface area contributed by atoms with Gasteiger partial charge in [-0.15, -0.1) is 0 Å². The summed E-state index contributed by atoms with van der Waals surface area (Å²) >= 11 is 0.486. The Kier molecular flexibility index (Phi) is 5.02. The molecule has 1 aromatic carbocycles. The molecule has 0 bridgehead atoms. The summed E-state index contributed by atoms with van der Waals surface area (Å²) in [7, 11) is 0. The van der Waals surface area contributed by atoms with Crippen LogP contribution in [0.5, 0.6) is 0 Å². The molecule has 0 spiro atoms. The third-order valence-corrected chi connectivity index (χ3v) is 7.80. The summed E-state index contributed by atoms with van der Waals surface area (Å²) in [5, 5.41) is 0. The number of carbonyl (C=O) groups is 1. The normalized spacial score (nSPS) is 29.6. The average molecular weight is 350 g/mol. The number of hydrogen-bond donors (Lipinski definition) is 0. The van der Waals surface area contributed by atoms with E-state index in [1.54, 1.807) is 6.92 Å². The molecule has 21 heavy (non-hydrogen) atoms. The van der Waals surface area contributed by atoms with Crippen LogP contribution in [0.4, 0.5) is 0 Å². The third kappa shape index (κ3) is 3.52. The first-order chi connectivity index (χ1) is 10.3. The molecule has 2 fully saturated rings. The molecule has 114 valence electrons. The number of piperidine rings is 1. The minimum atomic E-state index is 0.292. The van der Waals surface area contributed by atoms with Gasteiger partial charge in [0.05, 0.1) is 0 Å². The second kappa shape index (κ2) is 6.98. The quantitative estimate of drug-likeness (QED) is 0.751. The zero-order valence-corrected chi connectivity index (χ0v) is 14.5. The molecule has 0 radical (unpaired) electrons. The molecule has 0 N–H and O–H groups in total. The molecule has 0 aromatic heterocycles. The molecule has 3 atom stereocenters. The Hall–Kier alpha value is -0.791. The Labute approximate surface area is 134 Å². The molecule has 0 unspecified atom stereocenters. The monoisotopic (exact) mass is 351 g/mol. The van der Waals surface area contributed by atoms with Gasteiger partial charge < -0.3 is 0 Å². The molecular formula is C18H25NOSe. The van der Waals surface area contributed by atoms with Crippen LogP contribution in [-0.2, 0) is 4.79 Å². The molecule has 1 aromatic rings. The van der Waals surface area contributed by atoms with E-state index in [4.69, 9.17) is 0 Å². The standard InChI is InChI=1S/C18H25NOSe/c1-14(20)19-13-7-9-15-8-5-6-12-17(18(15)19)21-16-10-3-2-4-11-16/h2-4,10-11,15,17-18H,5-9,12-13H2,1H3/t15-,17+,18+/m1/s1. The van der Waals surface area contributed by atoms with Crippen molar-refractivity contribution in [3.8, 4) is 0 Å². The fourth-order valence-corrected chi connectivity index (χ4v) is 7.07. The Balaban J connectivity index is 1.83. The van der Waals surface area contributed by atoms with Crippen molar-refractivity contribution < 1.29 is 4.79 Å². The van der Waals surface area contributed by atoms with Gasteiger partial charge in [-0.05, 0) is 0 Å². The van der Waals surface area contributed by atoms with Crippen LogP contribution in [0.3, 0.4) is 0 Å². The molecule has 1 amide bonds. The summed E-state index contributed by atoms with van der Waals surface area (Å²) in [4.78, 5) is 15.0. The summed E-state index contributed by atoms with van der Waals surface area (Å²) in [6, 6.07) is 11.4. The van der Waals surface area contributed by atoms with Crippen LogP contribution in [0.15, 0.2) is 30.3 Å². The van der Waals surface area contributed by atoms with Crippen molar-refractivity contribution in [1.29, 1.82) is 0 Å². The van der Waals surface area contributed by atoms with Gasteiger partial charge in [0, 0.05) is 0 Å². The van der Waals surface area contributed by atoms with E-state index in [0.717, 1.165) is 12.5 Å². The molecule has 1 aliphatic heterocycles. The topological polar surface area (TPSA) is 20.3 Å². The van der Waals surface area contributed by atoms with Crippen molar-refractivity contribution in [2.24, 2.45) is 5.92 Å². The maximum atomic E-state index is 12.1. The molecule has 2 nitrogen and oxygen atoms in total. The molecule has 1 heterocycles. The first-order valence-electron chi connectivity index (χ1n) is 8.24. The number of likely N-dealkylation sites (tertiary alicyclic amines) is 1. The van der Waals surface area contributed by atoms with Crippen molar-refractivity contribution in [1.82, 2.24) is 4.90 Å². The molecule has 1 saturated heterocycles. The van der Waals surface area contributed by atoms with Crippen molar-refractivity contribution in [3.05, 3.63) is 30.3 Å². The SMILES string of the molecule is CC(=O)N1CCC[C@H]2CCCC[C@H]([Se]c3ccccc3)[C@H]21. The summed E-state index contributed by atoms with van der Waals surface area (Å²) in [6.07, 6.45) is 7.86. The van der Waals surface area contributed by atoms with Crippen LogP contribution in [0.2, 0.25) is 4.82 Å². The van der Waals surface area contributed by atoms with Crippen molar-refractivity contribution >= 4 is 25.3 Å². The predicted molar refractivity (Wildman–Crippen MR) is 87.9 cm³/mol. The van der Waals surface area contributed by atoms with Gasteiger partial charge in [-0.1, -0.05) is 0 Å². The number of rotatable bonds is 2. The number of nitrogens with zero attached hydrogens (tertiary/aromatic N) is 1. The van der Waals surface area contributed by atoms with Gasteiger partial charge >= 0.3 is 134 Å². The van der Waals surface area contributed by atoms with E-state index in [1.165, 1.54) is 43.0 Å². The van der Waals surface area contributed by atoms with Gasteiger partial charge in [0.25, 0.3) is 0 Å².